The van der Waals surface area contributed by atoms with Gasteiger partial charge in [-0.1, -0.05) is 15.9 Å². The summed E-state index contributed by atoms with van der Waals surface area (Å²) in [5.74, 6) is -0.0710. The Kier molecular flexibility index (Phi) is 5.28. The SMILES string of the molecule is COc1cc(O)c(C(=O)C=Cc2cc(Br)ccc2O)c(OC)c1. The zero-order chi connectivity index (χ0) is 17.0. The minimum atomic E-state index is -0.457. The number of rotatable bonds is 5. The van der Waals surface area contributed by atoms with Crippen LogP contribution in [0, 0.1) is 0 Å². The molecule has 2 aromatic carbocycles. The molecule has 2 rings (SSSR count). The van der Waals surface area contributed by atoms with Gasteiger partial charge in [0.1, 0.15) is 28.6 Å². The van der Waals surface area contributed by atoms with Crippen LogP contribution in [0.3, 0.4) is 0 Å². The topological polar surface area (TPSA) is 76.0 Å². The Morgan fingerprint density at radius 3 is 2.48 bits per heavy atom. The Bertz CT molecular complexity index is 768. The molecule has 0 unspecified atom stereocenters. The molecule has 0 radical (unpaired) electrons. The molecule has 2 aromatic rings. The Balaban J connectivity index is 2.37. The summed E-state index contributed by atoms with van der Waals surface area (Å²) < 4.78 is 10.9. The van der Waals surface area contributed by atoms with E-state index in [2.05, 4.69) is 15.9 Å². The fourth-order valence-electron chi connectivity index (χ4n) is 2.01. The van der Waals surface area contributed by atoms with Gasteiger partial charge in [-0.3, -0.25) is 4.79 Å². The summed E-state index contributed by atoms with van der Waals surface area (Å²) in [5, 5.41) is 19.8. The third kappa shape index (κ3) is 3.84. The highest BCUT2D eigenvalue weighted by Crippen LogP contribution is 2.34. The number of hydrogen-bond acceptors (Lipinski definition) is 5. The fourth-order valence-corrected chi connectivity index (χ4v) is 2.39. The average molecular weight is 379 g/mol. The first-order chi connectivity index (χ1) is 11.0. The van der Waals surface area contributed by atoms with Crippen LogP contribution >= 0.6 is 15.9 Å². The highest BCUT2D eigenvalue weighted by molar-refractivity contribution is 9.10. The van der Waals surface area contributed by atoms with Crippen LogP contribution in [0.15, 0.2) is 40.9 Å². The van der Waals surface area contributed by atoms with Gasteiger partial charge < -0.3 is 19.7 Å². The fraction of sp³-hybridized carbons (Fsp3) is 0.118. The van der Waals surface area contributed by atoms with Gasteiger partial charge in [0.2, 0.25) is 0 Å². The van der Waals surface area contributed by atoms with Gasteiger partial charge in [0.05, 0.1) is 14.2 Å². The van der Waals surface area contributed by atoms with Crippen molar-refractivity contribution in [2.75, 3.05) is 14.2 Å². The molecule has 0 amide bonds. The van der Waals surface area contributed by atoms with Crippen molar-refractivity contribution in [2.24, 2.45) is 0 Å². The maximum Gasteiger partial charge on any atom is 0.193 e. The van der Waals surface area contributed by atoms with E-state index in [4.69, 9.17) is 9.47 Å². The summed E-state index contributed by atoms with van der Waals surface area (Å²) in [6.07, 6.45) is 2.72. The van der Waals surface area contributed by atoms with Gasteiger partial charge in [0.15, 0.2) is 5.78 Å². The summed E-state index contributed by atoms with van der Waals surface area (Å²) in [6, 6.07) is 7.72. The number of methoxy groups -OCH3 is 2. The number of aromatic hydroxyl groups is 2. The van der Waals surface area contributed by atoms with E-state index in [0.717, 1.165) is 4.47 Å². The summed E-state index contributed by atoms with van der Waals surface area (Å²) >= 11 is 3.29. The first-order valence-corrected chi connectivity index (χ1v) is 7.41. The van der Waals surface area contributed by atoms with Crippen molar-refractivity contribution in [1.82, 2.24) is 0 Å². The minimum absolute atomic E-state index is 0.0269. The summed E-state index contributed by atoms with van der Waals surface area (Å²) in [5.41, 5.74) is 0.499. The lowest BCUT2D eigenvalue weighted by atomic mass is 10.1. The second-order valence-corrected chi connectivity index (χ2v) is 5.54. The van der Waals surface area contributed by atoms with Crippen LogP contribution in [0.1, 0.15) is 15.9 Å². The highest BCUT2D eigenvalue weighted by Gasteiger charge is 2.17. The predicted molar refractivity (Wildman–Crippen MR) is 90.4 cm³/mol. The van der Waals surface area contributed by atoms with Crippen molar-refractivity contribution in [1.29, 1.82) is 0 Å². The second kappa shape index (κ2) is 7.19. The molecule has 0 aliphatic rings. The molecule has 0 fully saturated rings. The zero-order valence-electron chi connectivity index (χ0n) is 12.5. The van der Waals surface area contributed by atoms with Crippen molar-refractivity contribution in [3.05, 3.63) is 52.0 Å². The second-order valence-electron chi connectivity index (χ2n) is 4.62. The number of ether oxygens (including phenoxy) is 2. The monoisotopic (exact) mass is 378 g/mol. The summed E-state index contributed by atoms with van der Waals surface area (Å²) in [4.78, 5) is 12.4. The summed E-state index contributed by atoms with van der Waals surface area (Å²) in [6.45, 7) is 0. The van der Waals surface area contributed by atoms with Crippen LogP contribution in [0.4, 0.5) is 0 Å². The van der Waals surface area contributed by atoms with E-state index >= 15 is 0 Å². The normalized spacial score (nSPS) is 10.7. The first-order valence-electron chi connectivity index (χ1n) is 6.62. The van der Waals surface area contributed by atoms with Gasteiger partial charge in [0, 0.05) is 22.2 Å². The number of allylic oxidation sites excluding steroid dienone is 1. The van der Waals surface area contributed by atoms with E-state index in [0.29, 0.717) is 11.3 Å². The molecule has 0 saturated carbocycles. The van der Waals surface area contributed by atoms with E-state index in [1.807, 2.05) is 0 Å². The van der Waals surface area contributed by atoms with Gasteiger partial charge in [-0.05, 0) is 30.4 Å². The van der Waals surface area contributed by atoms with Gasteiger partial charge in [0.25, 0.3) is 0 Å². The molecule has 23 heavy (non-hydrogen) atoms. The molecular formula is C17H15BrO5. The minimum Gasteiger partial charge on any atom is -0.507 e. The molecule has 0 saturated heterocycles. The van der Waals surface area contributed by atoms with Crippen LogP contribution in [-0.2, 0) is 0 Å². The standard InChI is InChI=1S/C17H15BrO5/c1-22-12-8-15(21)17(16(9-12)23-2)14(20)5-3-10-7-11(18)4-6-13(10)19/h3-9,19,21H,1-2H3. The largest absolute Gasteiger partial charge is 0.507 e. The predicted octanol–water partition coefficient (Wildman–Crippen LogP) is 3.77. The molecule has 120 valence electrons. The molecule has 0 aromatic heterocycles. The molecule has 0 heterocycles. The number of carbonyl (C=O) groups excluding carboxylic acids is 1. The highest BCUT2D eigenvalue weighted by atomic mass is 79.9. The Hall–Kier alpha value is -2.47. The lowest BCUT2D eigenvalue weighted by Crippen LogP contribution is -2.00. The van der Waals surface area contributed by atoms with Gasteiger partial charge in [-0.2, -0.15) is 0 Å². The molecule has 5 nitrogen and oxygen atoms in total. The van der Waals surface area contributed by atoms with E-state index in [1.165, 1.54) is 44.6 Å². The quantitative estimate of drug-likeness (QED) is 0.611. The van der Waals surface area contributed by atoms with Gasteiger partial charge >= 0.3 is 0 Å². The van der Waals surface area contributed by atoms with E-state index in [1.54, 1.807) is 12.1 Å². The smallest absolute Gasteiger partial charge is 0.193 e. The number of phenols is 2. The van der Waals surface area contributed by atoms with Crippen molar-refractivity contribution in [3.8, 4) is 23.0 Å². The average Bonchev–Trinajstić information content (AvgIpc) is 2.54. The number of halogens is 1. The molecule has 0 bridgehead atoms. The number of carbonyl (C=O) groups is 1. The Labute approximate surface area is 141 Å². The van der Waals surface area contributed by atoms with Crippen LogP contribution < -0.4 is 9.47 Å². The van der Waals surface area contributed by atoms with Crippen molar-refractivity contribution in [2.45, 2.75) is 0 Å². The number of benzene rings is 2. The van der Waals surface area contributed by atoms with Crippen LogP contribution in [0.5, 0.6) is 23.0 Å². The third-order valence-corrected chi connectivity index (χ3v) is 3.65. The maximum absolute atomic E-state index is 12.4. The molecule has 6 heteroatoms. The van der Waals surface area contributed by atoms with Gasteiger partial charge in [-0.15, -0.1) is 0 Å². The third-order valence-electron chi connectivity index (χ3n) is 3.16. The molecule has 0 aliphatic heterocycles. The first kappa shape index (κ1) is 16.9. The molecule has 2 N–H and O–H groups in total. The van der Waals surface area contributed by atoms with Crippen molar-refractivity contribution in [3.63, 3.8) is 0 Å². The number of hydrogen-bond donors (Lipinski definition) is 2. The number of phenolic OH excluding ortho intramolecular Hbond substituents is 2. The van der Waals surface area contributed by atoms with E-state index in [-0.39, 0.29) is 22.8 Å². The summed E-state index contributed by atoms with van der Waals surface area (Å²) in [7, 11) is 2.85. The van der Waals surface area contributed by atoms with Crippen LogP contribution in [-0.4, -0.2) is 30.2 Å². The maximum atomic E-state index is 12.4. The van der Waals surface area contributed by atoms with Crippen molar-refractivity contribution < 1.29 is 24.5 Å². The zero-order valence-corrected chi connectivity index (χ0v) is 14.1. The molecule has 0 spiro atoms. The van der Waals surface area contributed by atoms with Gasteiger partial charge in [-0.25, -0.2) is 0 Å². The number of ketones is 1. The van der Waals surface area contributed by atoms with E-state index in [9.17, 15) is 15.0 Å². The lowest BCUT2D eigenvalue weighted by Gasteiger charge is -2.10. The van der Waals surface area contributed by atoms with E-state index < -0.39 is 5.78 Å². The van der Waals surface area contributed by atoms with Crippen LogP contribution in [0.2, 0.25) is 0 Å². The van der Waals surface area contributed by atoms with Crippen LogP contribution in [0.25, 0.3) is 6.08 Å². The lowest BCUT2D eigenvalue weighted by molar-refractivity contribution is 0.104. The Morgan fingerprint density at radius 1 is 1.09 bits per heavy atom. The van der Waals surface area contributed by atoms with Crippen molar-refractivity contribution >= 4 is 27.8 Å². The molecular weight excluding hydrogens is 364 g/mol. The Morgan fingerprint density at radius 2 is 1.83 bits per heavy atom. The molecule has 0 atom stereocenters. The molecule has 0 aliphatic carbocycles.